The summed E-state index contributed by atoms with van der Waals surface area (Å²) in [6.07, 6.45) is 4.77. The number of ketones is 1. The third kappa shape index (κ3) is 3.43. The topological polar surface area (TPSA) is 93.1 Å². The highest BCUT2D eigenvalue weighted by atomic mass is 16.6. The van der Waals surface area contributed by atoms with Gasteiger partial charge in [-0.05, 0) is 43.9 Å². The Labute approximate surface area is 139 Å². The van der Waals surface area contributed by atoms with E-state index >= 15 is 0 Å². The van der Waals surface area contributed by atoms with Gasteiger partial charge in [0.15, 0.2) is 5.78 Å². The second-order valence-electron chi connectivity index (χ2n) is 6.34. The summed E-state index contributed by atoms with van der Waals surface area (Å²) in [6, 6.07) is 2.63. The van der Waals surface area contributed by atoms with Crippen LogP contribution in [0.5, 0.6) is 11.5 Å². The molecule has 0 spiro atoms. The monoisotopic (exact) mass is 332 g/mol. The van der Waals surface area contributed by atoms with Crippen LogP contribution >= 0.6 is 0 Å². The zero-order valence-corrected chi connectivity index (χ0v) is 13.4. The molecule has 2 N–H and O–H groups in total. The van der Waals surface area contributed by atoms with Crippen LogP contribution in [0.15, 0.2) is 24.3 Å². The molecule has 0 unspecified atom stereocenters. The van der Waals surface area contributed by atoms with E-state index in [9.17, 15) is 19.8 Å². The standard InChI is InChI=1S/C18H20O6/c1-11-5-3-2-4-6-18(22)10-14(20)17-12(8-16(21)23-11)7-13(19)9-15(17)24-18/h4,6-7,9,11,19,22H,2-3,5,8,10H2,1H3/b6-4-/t11-,18+/m1/s1. The van der Waals surface area contributed by atoms with Gasteiger partial charge in [-0.2, -0.15) is 0 Å². The van der Waals surface area contributed by atoms with E-state index < -0.39 is 11.8 Å². The number of aliphatic hydroxyl groups is 1. The molecule has 4 bridgehead atoms. The molecule has 3 aliphatic heterocycles. The van der Waals surface area contributed by atoms with Gasteiger partial charge < -0.3 is 19.7 Å². The molecule has 0 saturated carbocycles. The van der Waals surface area contributed by atoms with Crippen molar-refractivity contribution in [3.8, 4) is 11.5 Å². The Morgan fingerprint density at radius 2 is 2.08 bits per heavy atom. The fourth-order valence-corrected chi connectivity index (χ4v) is 3.10. The molecule has 1 aromatic rings. The Kier molecular flexibility index (Phi) is 4.32. The van der Waals surface area contributed by atoms with Gasteiger partial charge in [0.05, 0.1) is 24.5 Å². The minimum absolute atomic E-state index is 0.0753. The summed E-state index contributed by atoms with van der Waals surface area (Å²) in [4.78, 5) is 24.6. The van der Waals surface area contributed by atoms with Crippen molar-refractivity contribution in [3.63, 3.8) is 0 Å². The zero-order valence-electron chi connectivity index (χ0n) is 13.4. The second kappa shape index (κ2) is 6.28. The molecule has 0 radical (unpaired) electrons. The second-order valence-corrected chi connectivity index (χ2v) is 6.34. The van der Waals surface area contributed by atoms with Gasteiger partial charge in [0, 0.05) is 6.07 Å². The van der Waals surface area contributed by atoms with E-state index in [0.717, 1.165) is 6.42 Å². The van der Waals surface area contributed by atoms with Crippen molar-refractivity contribution in [2.45, 2.75) is 50.9 Å². The molecule has 1 aromatic carbocycles. The lowest BCUT2D eigenvalue weighted by Crippen LogP contribution is -2.40. The van der Waals surface area contributed by atoms with Gasteiger partial charge in [0.1, 0.15) is 11.5 Å². The summed E-state index contributed by atoms with van der Waals surface area (Å²) in [7, 11) is 0. The number of carbonyl (C=O) groups is 2. The fraction of sp³-hybridized carbons (Fsp3) is 0.444. The molecule has 24 heavy (non-hydrogen) atoms. The van der Waals surface area contributed by atoms with E-state index in [1.807, 2.05) is 6.92 Å². The molecule has 2 atom stereocenters. The average molecular weight is 332 g/mol. The minimum atomic E-state index is -1.73. The Morgan fingerprint density at radius 3 is 2.88 bits per heavy atom. The van der Waals surface area contributed by atoms with E-state index in [1.54, 1.807) is 6.08 Å². The number of esters is 1. The molecular formula is C18H20O6. The first-order valence-electron chi connectivity index (χ1n) is 8.04. The number of benzene rings is 1. The summed E-state index contributed by atoms with van der Waals surface area (Å²) in [5.41, 5.74) is 0.558. The van der Waals surface area contributed by atoms with Crippen LogP contribution in [-0.4, -0.2) is 33.9 Å². The number of allylic oxidation sites excluding steroid dienone is 1. The number of aromatic hydroxyl groups is 1. The number of phenols is 1. The van der Waals surface area contributed by atoms with E-state index in [4.69, 9.17) is 9.47 Å². The quantitative estimate of drug-likeness (QED) is 0.559. The smallest absolute Gasteiger partial charge is 0.310 e. The Balaban J connectivity index is 2.06. The van der Waals surface area contributed by atoms with Crippen molar-refractivity contribution < 1.29 is 29.3 Å². The predicted octanol–water partition coefficient (Wildman–Crippen LogP) is 2.26. The van der Waals surface area contributed by atoms with Crippen LogP contribution in [0.2, 0.25) is 0 Å². The Bertz CT molecular complexity index is 708. The number of Topliss-reactive ketones (excluding diaryl/α,β-unsaturated/α-hetero) is 1. The maximum atomic E-state index is 12.5. The SMILES string of the molecule is C[C@@H]1CCC/C=C\[C@@]2(O)CC(=O)c3c(cc(O)cc3O2)CC(=O)O1. The van der Waals surface area contributed by atoms with Crippen LogP contribution in [0.1, 0.15) is 48.5 Å². The van der Waals surface area contributed by atoms with E-state index in [2.05, 4.69) is 0 Å². The normalized spacial score (nSPS) is 28.7. The van der Waals surface area contributed by atoms with Crippen LogP contribution in [0.25, 0.3) is 0 Å². The lowest BCUT2D eigenvalue weighted by Gasteiger charge is -2.32. The van der Waals surface area contributed by atoms with Crippen LogP contribution in [-0.2, 0) is 16.0 Å². The first-order chi connectivity index (χ1) is 11.4. The maximum Gasteiger partial charge on any atom is 0.310 e. The van der Waals surface area contributed by atoms with Gasteiger partial charge in [0.25, 0.3) is 0 Å². The molecule has 4 rings (SSSR count). The lowest BCUT2D eigenvalue weighted by atomic mass is 9.92. The van der Waals surface area contributed by atoms with Crippen molar-refractivity contribution in [3.05, 3.63) is 35.4 Å². The van der Waals surface area contributed by atoms with Crippen molar-refractivity contribution in [2.75, 3.05) is 0 Å². The number of rotatable bonds is 0. The molecule has 128 valence electrons. The molecule has 0 aliphatic carbocycles. The summed E-state index contributed by atoms with van der Waals surface area (Å²) < 4.78 is 10.9. The van der Waals surface area contributed by atoms with Crippen LogP contribution in [0.3, 0.4) is 0 Å². The molecule has 6 heteroatoms. The number of ether oxygens (including phenoxy) is 2. The number of carbonyl (C=O) groups excluding carboxylic acids is 2. The Hall–Kier alpha value is -2.34. The first-order valence-corrected chi connectivity index (χ1v) is 8.04. The third-order valence-corrected chi connectivity index (χ3v) is 4.18. The minimum Gasteiger partial charge on any atom is -0.508 e. The van der Waals surface area contributed by atoms with Crippen LogP contribution in [0.4, 0.5) is 0 Å². The molecule has 0 fully saturated rings. The van der Waals surface area contributed by atoms with Crippen molar-refractivity contribution in [1.29, 1.82) is 0 Å². The summed E-state index contributed by atoms with van der Waals surface area (Å²) in [6.45, 7) is 1.82. The molecule has 0 saturated heterocycles. The average Bonchev–Trinajstić information content (AvgIpc) is 2.44. The fourth-order valence-electron chi connectivity index (χ4n) is 3.10. The van der Waals surface area contributed by atoms with Crippen molar-refractivity contribution in [2.24, 2.45) is 0 Å². The number of fused-ring (bicyclic) bond motifs is 8. The predicted molar refractivity (Wildman–Crippen MR) is 84.9 cm³/mol. The van der Waals surface area contributed by atoms with Gasteiger partial charge in [-0.3, -0.25) is 9.59 Å². The number of phenolic OH excluding ortho intramolecular Hbond substituents is 1. The summed E-state index contributed by atoms with van der Waals surface area (Å²) in [5.74, 6) is -2.59. The van der Waals surface area contributed by atoms with Gasteiger partial charge >= 0.3 is 5.97 Å². The highest BCUT2D eigenvalue weighted by Crippen LogP contribution is 2.38. The number of hydrogen-bond donors (Lipinski definition) is 2. The largest absolute Gasteiger partial charge is 0.508 e. The van der Waals surface area contributed by atoms with E-state index in [0.29, 0.717) is 18.4 Å². The highest BCUT2D eigenvalue weighted by Gasteiger charge is 2.38. The van der Waals surface area contributed by atoms with Crippen LogP contribution in [0, 0.1) is 0 Å². The van der Waals surface area contributed by atoms with Gasteiger partial charge in [-0.1, -0.05) is 6.08 Å². The van der Waals surface area contributed by atoms with Crippen molar-refractivity contribution in [1.82, 2.24) is 0 Å². The zero-order chi connectivity index (χ0) is 17.3. The van der Waals surface area contributed by atoms with Gasteiger partial charge in [0.2, 0.25) is 5.79 Å². The Morgan fingerprint density at radius 1 is 1.29 bits per heavy atom. The summed E-state index contributed by atoms with van der Waals surface area (Å²) in [5, 5.41) is 20.4. The molecule has 3 heterocycles. The van der Waals surface area contributed by atoms with Gasteiger partial charge in [-0.15, -0.1) is 0 Å². The first kappa shape index (κ1) is 16.5. The van der Waals surface area contributed by atoms with Crippen LogP contribution < -0.4 is 4.74 Å². The van der Waals surface area contributed by atoms with E-state index in [1.165, 1.54) is 18.2 Å². The van der Waals surface area contributed by atoms with Crippen molar-refractivity contribution >= 4 is 11.8 Å². The molecule has 0 aromatic heterocycles. The lowest BCUT2D eigenvalue weighted by molar-refractivity contribution is -0.147. The molecule has 3 aliphatic rings. The molecule has 6 nitrogen and oxygen atoms in total. The maximum absolute atomic E-state index is 12.5. The molecular weight excluding hydrogens is 312 g/mol. The third-order valence-electron chi connectivity index (χ3n) is 4.18. The molecule has 0 amide bonds. The number of hydrogen-bond acceptors (Lipinski definition) is 6. The summed E-state index contributed by atoms with van der Waals surface area (Å²) >= 11 is 0. The highest BCUT2D eigenvalue weighted by molar-refractivity contribution is 6.02. The van der Waals surface area contributed by atoms with Gasteiger partial charge in [-0.25, -0.2) is 0 Å². The van der Waals surface area contributed by atoms with E-state index in [-0.39, 0.29) is 41.8 Å².